The Bertz CT molecular complexity index is 331. The highest BCUT2D eigenvalue weighted by molar-refractivity contribution is 7.99. The van der Waals surface area contributed by atoms with Gasteiger partial charge in [-0.1, -0.05) is 0 Å². The number of hydrogen-bond acceptors (Lipinski definition) is 2. The lowest BCUT2D eigenvalue weighted by atomic mass is 10.1. The summed E-state index contributed by atoms with van der Waals surface area (Å²) in [5, 5.41) is 3.25. The maximum absolute atomic E-state index is 12.9. The Balaban J connectivity index is 1.80. The highest BCUT2D eigenvalue weighted by Gasteiger charge is 2.14. The smallest absolute Gasteiger partial charge is 0.126 e. The fourth-order valence-electron chi connectivity index (χ4n) is 1.88. The minimum atomic E-state index is -0.506. The zero-order valence-corrected chi connectivity index (χ0v) is 9.83. The van der Waals surface area contributed by atoms with E-state index in [1.165, 1.54) is 30.1 Å². The Labute approximate surface area is 98.6 Å². The molecule has 0 aromatic heterocycles. The lowest BCUT2D eigenvalue weighted by molar-refractivity contribution is 0.519. The van der Waals surface area contributed by atoms with Crippen molar-refractivity contribution >= 4 is 11.8 Å². The molecule has 1 atom stereocenters. The van der Waals surface area contributed by atoms with Gasteiger partial charge in [0.05, 0.1) is 0 Å². The number of hydrogen-bond donors (Lipinski definition) is 1. The molecule has 1 heterocycles. The summed E-state index contributed by atoms with van der Waals surface area (Å²) in [7, 11) is 0. The van der Waals surface area contributed by atoms with E-state index in [1.54, 1.807) is 0 Å². The normalized spacial score (nSPS) is 20.2. The molecular formula is C12H15F2NS. The zero-order chi connectivity index (χ0) is 11.4. The predicted molar refractivity (Wildman–Crippen MR) is 63.5 cm³/mol. The van der Waals surface area contributed by atoms with Gasteiger partial charge in [0.25, 0.3) is 0 Å². The van der Waals surface area contributed by atoms with Crippen LogP contribution in [0.3, 0.4) is 0 Å². The molecule has 0 radical (unpaired) electrons. The molecule has 1 nitrogen and oxygen atoms in total. The van der Waals surface area contributed by atoms with Gasteiger partial charge < -0.3 is 5.32 Å². The summed E-state index contributed by atoms with van der Waals surface area (Å²) in [6.07, 6.45) is 1.25. The zero-order valence-electron chi connectivity index (χ0n) is 9.01. The molecule has 1 aliphatic heterocycles. The summed E-state index contributed by atoms with van der Waals surface area (Å²) < 4.78 is 25.8. The summed E-state index contributed by atoms with van der Waals surface area (Å²) >= 11 is 1.97. The Morgan fingerprint density at radius 1 is 1.25 bits per heavy atom. The predicted octanol–water partition coefficient (Wildman–Crippen LogP) is 2.81. The van der Waals surface area contributed by atoms with Crippen LogP contribution in [-0.2, 0) is 6.54 Å². The van der Waals surface area contributed by atoms with Gasteiger partial charge in [-0.3, -0.25) is 0 Å². The number of rotatable bonds is 4. The van der Waals surface area contributed by atoms with Crippen LogP contribution in [0.4, 0.5) is 8.78 Å². The molecule has 88 valence electrons. The molecule has 1 aromatic rings. The number of halogens is 2. The molecule has 1 fully saturated rings. The van der Waals surface area contributed by atoms with E-state index in [2.05, 4.69) is 5.32 Å². The van der Waals surface area contributed by atoms with E-state index >= 15 is 0 Å². The molecule has 0 amide bonds. The van der Waals surface area contributed by atoms with Crippen LogP contribution >= 0.6 is 11.8 Å². The van der Waals surface area contributed by atoms with E-state index in [9.17, 15) is 8.78 Å². The quantitative estimate of drug-likeness (QED) is 0.872. The molecule has 2 rings (SSSR count). The first-order valence-electron chi connectivity index (χ1n) is 5.47. The number of nitrogens with one attached hydrogen (secondary N) is 1. The minimum Gasteiger partial charge on any atom is -0.312 e. The summed E-state index contributed by atoms with van der Waals surface area (Å²) in [5.74, 6) is 2.13. The molecule has 1 N–H and O–H groups in total. The number of thioether (sulfide) groups is 1. The standard InChI is InChI=1S/C12H15F2NS/c13-11-3-10(4-12(14)5-11)7-15-6-9-1-2-16-8-9/h3-5,9,15H,1-2,6-8H2. The van der Waals surface area contributed by atoms with E-state index in [0.717, 1.165) is 12.6 Å². The molecule has 1 saturated heterocycles. The molecule has 1 aliphatic rings. The van der Waals surface area contributed by atoms with Crippen LogP contribution in [0.5, 0.6) is 0 Å². The van der Waals surface area contributed by atoms with Gasteiger partial charge in [-0.15, -0.1) is 0 Å². The van der Waals surface area contributed by atoms with Crippen molar-refractivity contribution in [1.29, 1.82) is 0 Å². The van der Waals surface area contributed by atoms with Crippen molar-refractivity contribution in [2.45, 2.75) is 13.0 Å². The van der Waals surface area contributed by atoms with Crippen molar-refractivity contribution in [3.8, 4) is 0 Å². The van der Waals surface area contributed by atoms with Gasteiger partial charge in [0.15, 0.2) is 0 Å². The molecule has 0 spiro atoms. The summed E-state index contributed by atoms with van der Waals surface area (Å²) in [4.78, 5) is 0. The van der Waals surface area contributed by atoms with E-state index in [4.69, 9.17) is 0 Å². The summed E-state index contributed by atoms with van der Waals surface area (Å²) in [5.41, 5.74) is 0.670. The Morgan fingerprint density at radius 2 is 2.00 bits per heavy atom. The third-order valence-corrected chi connectivity index (χ3v) is 3.94. The monoisotopic (exact) mass is 243 g/mol. The minimum absolute atomic E-state index is 0.506. The van der Waals surface area contributed by atoms with Gasteiger partial charge in [0.2, 0.25) is 0 Å². The highest BCUT2D eigenvalue weighted by atomic mass is 32.2. The highest BCUT2D eigenvalue weighted by Crippen LogP contribution is 2.22. The molecular weight excluding hydrogens is 228 g/mol. The molecule has 0 bridgehead atoms. The van der Waals surface area contributed by atoms with Crippen LogP contribution in [0, 0.1) is 17.6 Å². The van der Waals surface area contributed by atoms with Gasteiger partial charge in [0, 0.05) is 12.6 Å². The first-order chi connectivity index (χ1) is 7.74. The van der Waals surface area contributed by atoms with Gasteiger partial charge in [0.1, 0.15) is 11.6 Å². The molecule has 1 aromatic carbocycles. The van der Waals surface area contributed by atoms with Gasteiger partial charge in [-0.05, 0) is 48.1 Å². The van der Waals surface area contributed by atoms with Crippen LogP contribution in [0.15, 0.2) is 18.2 Å². The average molecular weight is 243 g/mol. The van der Waals surface area contributed by atoms with Crippen molar-refractivity contribution in [2.24, 2.45) is 5.92 Å². The van der Waals surface area contributed by atoms with Crippen LogP contribution in [0.1, 0.15) is 12.0 Å². The molecule has 4 heteroatoms. The van der Waals surface area contributed by atoms with Crippen LogP contribution < -0.4 is 5.32 Å². The summed E-state index contributed by atoms with van der Waals surface area (Å²) in [6.45, 7) is 1.47. The van der Waals surface area contributed by atoms with Crippen LogP contribution in [-0.4, -0.2) is 18.1 Å². The van der Waals surface area contributed by atoms with Crippen LogP contribution in [0.2, 0.25) is 0 Å². The molecule has 0 saturated carbocycles. The first-order valence-corrected chi connectivity index (χ1v) is 6.63. The van der Waals surface area contributed by atoms with Crippen molar-refractivity contribution in [3.05, 3.63) is 35.4 Å². The van der Waals surface area contributed by atoms with Gasteiger partial charge >= 0.3 is 0 Å². The maximum atomic E-state index is 12.9. The molecule has 1 unspecified atom stereocenters. The van der Waals surface area contributed by atoms with Crippen molar-refractivity contribution in [2.75, 3.05) is 18.1 Å². The van der Waals surface area contributed by atoms with E-state index < -0.39 is 11.6 Å². The summed E-state index contributed by atoms with van der Waals surface area (Å²) in [6, 6.07) is 3.65. The van der Waals surface area contributed by atoms with Crippen molar-refractivity contribution in [3.63, 3.8) is 0 Å². The Morgan fingerprint density at radius 3 is 2.62 bits per heavy atom. The second-order valence-electron chi connectivity index (χ2n) is 4.14. The van der Waals surface area contributed by atoms with Gasteiger partial charge in [-0.25, -0.2) is 8.78 Å². The van der Waals surface area contributed by atoms with Gasteiger partial charge in [-0.2, -0.15) is 11.8 Å². The van der Waals surface area contributed by atoms with Crippen molar-refractivity contribution in [1.82, 2.24) is 5.32 Å². The third-order valence-electron chi connectivity index (χ3n) is 2.71. The fraction of sp³-hybridized carbons (Fsp3) is 0.500. The average Bonchev–Trinajstić information content (AvgIpc) is 2.69. The van der Waals surface area contributed by atoms with E-state index in [0.29, 0.717) is 18.0 Å². The van der Waals surface area contributed by atoms with Crippen molar-refractivity contribution < 1.29 is 8.78 Å². The second-order valence-corrected chi connectivity index (χ2v) is 5.29. The fourth-order valence-corrected chi connectivity index (χ4v) is 3.16. The molecule has 0 aliphatic carbocycles. The van der Waals surface area contributed by atoms with E-state index in [-0.39, 0.29) is 0 Å². The first kappa shape index (κ1) is 11.9. The second kappa shape index (κ2) is 5.64. The Kier molecular flexibility index (Phi) is 4.18. The molecule has 16 heavy (non-hydrogen) atoms. The SMILES string of the molecule is Fc1cc(F)cc(CNCC2CCSC2)c1. The third kappa shape index (κ3) is 3.46. The number of benzene rings is 1. The topological polar surface area (TPSA) is 12.0 Å². The lowest BCUT2D eigenvalue weighted by Crippen LogP contribution is -2.22. The maximum Gasteiger partial charge on any atom is 0.126 e. The largest absolute Gasteiger partial charge is 0.312 e. The van der Waals surface area contributed by atoms with Crippen LogP contribution in [0.25, 0.3) is 0 Å². The lowest BCUT2D eigenvalue weighted by Gasteiger charge is -2.10. The van der Waals surface area contributed by atoms with E-state index in [1.807, 2.05) is 11.8 Å². The Hall–Kier alpha value is -0.610.